The highest BCUT2D eigenvalue weighted by atomic mass is 35.5. The fourth-order valence-corrected chi connectivity index (χ4v) is 5.81. The van der Waals surface area contributed by atoms with E-state index in [0.29, 0.717) is 5.92 Å². The van der Waals surface area contributed by atoms with E-state index in [4.69, 9.17) is 21.1 Å². The Hall–Kier alpha value is -1.14. The zero-order valence-electron chi connectivity index (χ0n) is 15.6. The molecular formula is C21H25ClN2O2S. The van der Waals surface area contributed by atoms with E-state index < -0.39 is 0 Å². The SMILES string of the molecule is Cc1nc(CN2CCC3(CC2)Oc2ccc(Cl)cc2[C@@H]2OCCC[C@H]23)cs1. The molecule has 1 spiro atoms. The molecule has 5 rings (SSSR count). The van der Waals surface area contributed by atoms with Gasteiger partial charge < -0.3 is 9.47 Å². The van der Waals surface area contributed by atoms with Crippen molar-refractivity contribution in [1.29, 1.82) is 0 Å². The van der Waals surface area contributed by atoms with Crippen LogP contribution in [0, 0.1) is 12.8 Å². The maximum Gasteiger partial charge on any atom is 0.126 e. The van der Waals surface area contributed by atoms with Crippen molar-refractivity contribution in [2.24, 2.45) is 5.92 Å². The van der Waals surface area contributed by atoms with Crippen molar-refractivity contribution in [3.8, 4) is 5.75 Å². The van der Waals surface area contributed by atoms with Crippen LogP contribution in [-0.4, -0.2) is 35.2 Å². The number of halogens is 1. The fourth-order valence-electron chi connectivity index (χ4n) is 5.03. The average Bonchev–Trinajstić information content (AvgIpc) is 3.09. The maximum atomic E-state index is 6.71. The van der Waals surface area contributed by atoms with Gasteiger partial charge >= 0.3 is 0 Å². The number of aryl methyl sites for hydroxylation is 1. The molecule has 0 saturated carbocycles. The first-order valence-corrected chi connectivity index (χ1v) is 11.1. The number of fused-ring (bicyclic) bond motifs is 4. The molecule has 2 aromatic rings. The van der Waals surface area contributed by atoms with Crippen LogP contribution < -0.4 is 4.74 Å². The van der Waals surface area contributed by atoms with Crippen molar-refractivity contribution < 1.29 is 9.47 Å². The summed E-state index contributed by atoms with van der Waals surface area (Å²) in [4.78, 5) is 7.14. The van der Waals surface area contributed by atoms with E-state index in [0.717, 1.165) is 66.8 Å². The van der Waals surface area contributed by atoms with Crippen LogP contribution in [0.1, 0.15) is 48.1 Å². The molecule has 27 heavy (non-hydrogen) atoms. The molecule has 4 heterocycles. The van der Waals surface area contributed by atoms with Gasteiger partial charge in [0.1, 0.15) is 11.4 Å². The Kier molecular flexibility index (Phi) is 4.67. The van der Waals surface area contributed by atoms with Crippen molar-refractivity contribution in [2.75, 3.05) is 19.7 Å². The van der Waals surface area contributed by atoms with Gasteiger partial charge in [0.25, 0.3) is 0 Å². The van der Waals surface area contributed by atoms with Crippen LogP contribution in [-0.2, 0) is 11.3 Å². The van der Waals surface area contributed by atoms with E-state index in [2.05, 4.69) is 22.2 Å². The lowest BCUT2D eigenvalue weighted by molar-refractivity contribution is -0.150. The van der Waals surface area contributed by atoms with Gasteiger partial charge in [-0.3, -0.25) is 4.90 Å². The molecule has 6 heteroatoms. The Morgan fingerprint density at radius 1 is 1.33 bits per heavy atom. The van der Waals surface area contributed by atoms with Gasteiger partial charge in [-0.2, -0.15) is 0 Å². The molecule has 0 radical (unpaired) electrons. The number of hydrogen-bond acceptors (Lipinski definition) is 5. The highest BCUT2D eigenvalue weighted by Gasteiger charge is 2.52. The van der Waals surface area contributed by atoms with Crippen molar-refractivity contribution in [1.82, 2.24) is 9.88 Å². The number of aromatic nitrogens is 1. The van der Waals surface area contributed by atoms with Gasteiger partial charge in [0.15, 0.2) is 0 Å². The summed E-state index contributed by atoms with van der Waals surface area (Å²) in [6.07, 6.45) is 4.49. The van der Waals surface area contributed by atoms with E-state index in [1.165, 1.54) is 12.1 Å². The van der Waals surface area contributed by atoms with E-state index in [-0.39, 0.29) is 11.7 Å². The lowest BCUT2D eigenvalue weighted by Crippen LogP contribution is -2.57. The molecule has 1 aromatic heterocycles. The number of likely N-dealkylation sites (tertiary alicyclic amines) is 1. The lowest BCUT2D eigenvalue weighted by atomic mass is 9.70. The Balaban J connectivity index is 1.37. The van der Waals surface area contributed by atoms with Gasteiger partial charge in [-0.15, -0.1) is 11.3 Å². The summed E-state index contributed by atoms with van der Waals surface area (Å²) in [5, 5.41) is 4.09. The Morgan fingerprint density at radius 3 is 2.96 bits per heavy atom. The lowest BCUT2D eigenvalue weighted by Gasteiger charge is -2.53. The summed E-state index contributed by atoms with van der Waals surface area (Å²) in [5.74, 6) is 1.38. The van der Waals surface area contributed by atoms with Gasteiger partial charge in [-0.05, 0) is 38.0 Å². The Morgan fingerprint density at radius 2 is 2.19 bits per heavy atom. The second-order valence-corrected chi connectivity index (χ2v) is 9.52. The molecule has 2 fully saturated rings. The number of piperidine rings is 1. The second kappa shape index (κ2) is 7.03. The number of nitrogens with zero attached hydrogens (tertiary/aromatic N) is 2. The summed E-state index contributed by atoms with van der Waals surface area (Å²) in [5.41, 5.74) is 2.22. The summed E-state index contributed by atoms with van der Waals surface area (Å²) in [6.45, 7) is 5.93. The van der Waals surface area contributed by atoms with E-state index in [9.17, 15) is 0 Å². The number of ether oxygens (including phenoxy) is 2. The minimum Gasteiger partial charge on any atom is -0.486 e. The topological polar surface area (TPSA) is 34.6 Å². The molecular weight excluding hydrogens is 380 g/mol. The van der Waals surface area contributed by atoms with Gasteiger partial charge in [0.05, 0.1) is 16.8 Å². The number of benzene rings is 1. The number of hydrogen-bond donors (Lipinski definition) is 0. The first kappa shape index (κ1) is 17.9. The quantitative estimate of drug-likeness (QED) is 0.705. The van der Waals surface area contributed by atoms with Crippen molar-refractivity contribution in [3.63, 3.8) is 0 Å². The summed E-state index contributed by atoms with van der Waals surface area (Å²) < 4.78 is 13.0. The smallest absolute Gasteiger partial charge is 0.126 e. The third-order valence-electron chi connectivity index (χ3n) is 6.34. The largest absolute Gasteiger partial charge is 0.486 e. The van der Waals surface area contributed by atoms with Crippen LogP contribution in [0.15, 0.2) is 23.6 Å². The monoisotopic (exact) mass is 404 g/mol. The van der Waals surface area contributed by atoms with Gasteiger partial charge in [-0.1, -0.05) is 11.6 Å². The molecule has 0 aliphatic carbocycles. The molecule has 0 amide bonds. The standard InChI is InChI=1S/C21H25ClN2O2S/c1-14-23-16(13-27-14)12-24-8-6-21(7-9-24)18-3-2-10-25-20(18)17-11-15(22)4-5-19(17)26-21/h4-5,11,13,18,20H,2-3,6-10,12H2,1H3/t18-,20+/m1/s1. The third kappa shape index (κ3) is 3.29. The fraction of sp³-hybridized carbons (Fsp3) is 0.571. The summed E-state index contributed by atoms with van der Waals surface area (Å²) in [6, 6.07) is 5.99. The van der Waals surface area contributed by atoms with Crippen molar-refractivity contribution in [3.05, 3.63) is 44.9 Å². The zero-order chi connectivity index (χ0) is 18.4. The number of rotatable bonds is 2. The van der Waals surface area contributed by atoms with Crippen molar-refractivity contribution >= 4 is 22.9 Å². The third-order valence-corrected chi connectivity index (χ3v) is 7.40. The highest BCUT2D eigenvalue weighted by Crippen LogP contribution is 2.53. The highest BCUT2D eigenvalue weighted by molar-refractivity contribution is 7.09. The molecule has 0 unspecified atom stereocenters. The normalized spacial score (nSPS) is 27.0. The predicted molar refractivity (Wildman–Crippen MR) is 108 cm³/mol. The Labute approximate surface area is 169 Å². The van der Waals surface area contributed by atoms with E-state index in [1.807, 2.05) is 18.2 Å². The molecule has 3 aliphatic rings. The van der Waals surface area contributed by atoms with Gasteiger partial charge in [0, 0.05) is 61.0 Å². The van der Waals surface area contributed by atoms with Gasteiger partial charge in [-0.25, -0.2) is 4.98 Å². The molecule has 3 aliphatic heterocycles. The van der Waals surface area contributed by atoms with Crippen LogP contribution in [0.3, 0.4) is 0 Å². The first-order chi connectivity index (χ1) is 13.1. The van der Waals surface area contributed by atoms with Crippen LogP contribution in [0.2, 0.25) is 5.02 Å². The molecule has 144 valence electrons. The maximum absolute atomic E-state index is 6.71. The van der Waals surface area contributed by atoms with Crippen LogP contribution >= 0.6 is 22.9 Å². The molecule has 0 N–H and O–H groups in total. The van der Waals surface area contributed by atoms with Crippen LogP contribution in [0.5, 0.6) is 5.75 Å². The van der Waals surface area contributed by atoms with E-state index >= 15 is 0 Å². The predicted octanol–water partition coefficient (Wildman–Crippen LogP) is 5.00. The average molecular weight is 405 g/mol. The summed E-state index contributed by atoms with van der Waals surface area (Å²) in [7, 11) is 0. The van der Waals surface area contributed by atoms with Gasteiger partial charge in [0.2, 0.25) is 0 Å². The Bertz CT molecular complexity index is 831. The zero-order valence-corrected chi connectivity index (χ0v) is 17.2. The molecule has 4 nitrogen and oxygen atoms in total. The molecule has 2 atom stereocenters. The van der Waals surface area contributed by atoms with Crippen molar-refractivity contribution in [2.45, 2.75) is 50.9 Å². The first-order valence-electron chi connectivity index (χ1n) is 9.86. The minimum absolute atomic E-state index is 0.111. The number of thiazole rings is 1. The molecule has 0 bridgehead atoms. The summed E-state index contributed by atoms with van der Waals surface area (Å²) >= 11 is 7.99. The minimum atomic E-state index is -0.111. The second-order valence-electron chi connectivity index (χ2n) is 8.02. The molecule has 1 aromatic carbocycles. The van der Waals surface area contributed by atoms with Crippen LogP contribution in [0.4, 0.5) is 0 Å². The van der Waals surface area contributed by atoms with E-state index in [1.54, 1.807) is 11.3 Å². The van der Waals surface area contributed by atoms with Crippen LogP contribution in [0.25, 0.3) is 0 Å². The molecule has 2 saturated heterocycles.